The van der Waals surface area contributed by atoms with Gasteiger partial charge in [-0.05, 0) is 37.7 Å². The predicted molar refractivity (Wildman–Crippen MR) is 163 cm³/mol. The Bertz CT molecular complexity index is 1450. The van der Waals surface area contributed by atoms with Gasteiger partial charge in [-0.3, -0.25) is 14.9 Å². The van der Waals surface area contributed by atoms with Crippen molar-refractivity contribution >= 4 is 34.7 Å². The van der Waals surface area contributed by atoms with Crippen molar-refractivity contribution in [2.24, 2.45) is 12.8 Å². The van der Waals surface area contributed by atoms with Crippen LogP contribution in [0.1, 0.15) is 18.1 Å². The quantitative estimate of drug-likeness (QED) is 0.165. The minimum absolute atomic E-state index is 0.0477. The molecule has 2 aromatic heterocycles. The van der Waals surface area contributed by atoms with Gasteiger partial charge in [-0.2, -0.15) is 4.98 Å². The summed E-state index contributed by atoms with van der Waals surface area (Å²) in [6, 6.07) is 15.8. The van der Waals surface area contributed by atoms with E-state index in [0.717, 1.165) is 55.0 Å². The summed E-state index contributed by atoms with van der Waals surface area (Å²) in [7, 11) is 3.96. The smallest absolute Gasteiger partial charge is 0.278 e. The van der Waals surface area contributed by atoms with Gasteiger partial charge in [0.2, 0.25) is 5.95 Å². The van der Waals surface area contributed by atoms with E-state index in [-0.39, 0.29) is 12.2 Å². The van der Waals surface area contributed by atoms with E-state index in [2.05, 4.69) is 44.4 Å². The van der Waals surface area contributed by atoms with Crippen LogP contribution in [0.5, 0.6) is 0 Å². The fraction of sp³-hybridized carbons (Fsp3) is 0.310. The van der Waals surface area contributed by atoms with Crippen LogP contribution in [0.2, 0.25) is 0 Å². The number of nitrogens with zero attached hydrogens (tertiary/aromatic N) is 6. The van der Waals surface area contributed by atoms with Gasteiger partial charge in [0, 0.05) is 56.4 Å². The number of aliphatic hydroxyl groups excluding tert-OH is 1. The zero-order valence-corrected chi connectivity index (χ0v) is 23.4. The molecule has 0 amide bonds. The number of piperazine rings is 1. The van der Waals surface area contributed by atoms with Crippen LogP contribution in [-0.2, 0) is 20.2 Å². The van der Waals surface area contributed by atoms with E-state index >= 15 is 0 Å². The van der Waals surface area contributed by atoms with Crippen molar-refractivity contribution in [3.05, 3.63) is 88.9 Å². The topological polar surface area (TPSA) is 141 Å². The largest absolute Gasteiger partial charge is 0.392 e. The first-order valence-corrected chi connectivity index (χ1v) is 13.0. The van der Waals surface area contributed by atoms with E-state index in [1.54, 1.807) is 21.6 Å². The average Bonchev–Trinajstić information content (AvgIpc) is 3.19. The molecule has 0 aliphatic carbocycles. The maximum Gasteiger partial charge on any atom is 0.278 e. The number of likely N-dealkylation sites (N-methyl/N-ethyl adjacent to an activating group) is 1. The van der Waals surface area contributed by atoms with Crippen LogP contribution >= 0.6 is 0 Å². The van der Waals surface area contributed by atoms with Crippen LogP contribution in [-0.4, -0.2) is 68.9 Å². The maximum atomic E-state index is 12.9. The van der Waals surface area contributed by atoms with Crippen LogP contribution in [0.15, 0.2) is 72.2 Å². The monoisotopic (exact) mass is 545 g/mol. The summed E-state index contributed by atoms with van der Waals surface area (Å²) in [5, 5.41) is 19.6. The number of hydrogen-bond donors (Lipinski definition) is 4. The molecule has 1 aliphatic rings. The van der Waals surface area contributed by atoms with Crippen molar-refractivity contribution in [3.63, 3.8) is 0 Å². The molecular weight excluding hydrogens is 506 g/mol. The molecule has 0 atom stereocenters. The number of anilines is 3. The number of aromatic nitrogens is 4. The molecular formula is C29H39N9O2. The second-order valence-corrected chi connectivity index (χ2v) is 9.29. The molecule has 1 saturated heterocycles. The summed E-state index contributed by atoms with van der Waals surface area (Å²) in [6.45, 7) is 9.54. The van der Waals surface area contributed by atoms with Gasteiger partial charge in [0.1, 0.15) is 5.39 Å². The van der Waals surface area contributed by atoms with E-state index < -0.39 is 0 Å². The first kappa shape index (κ1) is 30.1. The third kappa shape index (κ3) is 7.33. The minimum Gasteiger partial charge on any atom is -0.392 e. The van der Waals surface area contributed by atoms with E-state index in [1.807, 2.05) is 62.5 Å². The summed E-state index contributed by atoms with van der Waals surface area (Å²) in [4.78, 5) is 26.5. The summed E-state index contributed by atoms with van der Waals surface area (Å²) < 4.78 is 3.43. The minimum atomic E-state index is -0.119. The molecule has 1 fully saturated rings. The Balaban J connectivity index is 0.000000676. The molecule has 5 N–H and O–H groups in total. The first-order chi connectivity index (χ1) is 19.4. The van der Waals surface area contributed by atoms with Gasteiger partial charge in [-0.1, -0.05) is 36.4 Å². The molecule has 4 aromatic rings. The molecule has 1 aliphatic heterocycles. The highest BCUT2D eigenvalue weighted by atomic mass is 16.3. The first-order valence-electron chi connectivity index (χ1n) is 13.0. The molecule has 11 heteroatoms. The average molecular weight is 546 g/mol. The lowest BCUT2D eigenvalue weighted by Crippen LogP contribution is -2.44. The highest BCUT2D eigenvalue weighted by Gasteiger charge is 2.18. The highest BCUT2D eigenvalue weighted by molar-refractivity contribution is 5.75. The normalized spacial score (nSPS) is 13.1. The van der Waals surface area contributed by atoms with E-state index in [9.17, 15) is 9.90 Å². The molecule has 40 heavy (non-hydrogen) atoms. The Morgan fingerprint density at radius 1 is 1.12 bits per heavy atom. The maximum absolute atomic E-state index is 12.9. The third-order valence-electron chi connectivity index (χ3n) is 6.43. The molecule has 0 spiro atoms. The van der Waals surface area contributed by atoms with Gasteiger partial charge in [-0.15, -0.1) is 6.58 Å². The Kier molecular flexibility index (Phi) is 11.0. The number of fused-ring (bicyclic) bond motifs is 1. The van der Waals surface area contributed by atoms with Gasteiger partial charge in [-0.25, -0.2) is 9.67 Å². The number of benzene rings is 2. The van der Waals surface area contributed by atoms with Gasteiger partial charge >= 0.3 is 0 Å². The van der Waals surface area contributed by atoms with Crippen molar-refractivity contribution in [1.29, 1.82) is 5.41 Å². The summed E-state index contributed by atoms with van der Waals surface area (Å²) >= 11 is 0. The number of nitrogens with one attached hydrogen (secondary N) is 2. The lowest BCUT2D eigenvalue weighted by Gasteiger charge is -2.35. The predicted octanol–water partition coefficient (Wildman–Crippen LogP) is 2.91. The van der Waals surface area contributed by atoms with Crippen LogP contribution in [0.3, 0.4) is 0 Å². The summed E-state index contributed by atoms with van der Waals surface area (Å²) in [6.07, 6.45) is 4.07. The van der Waals surface area contributed by atoms with Crippen molar-refractivity contribution in [2.45, 2.75) is 20.1 Å². The fourth-order valence-corrected chi connectivity index (χ4v) is 4.43. The summed E-state index contributed by atoms with van der Waals surface area (Å²) in [5.41, 5.74) is 8.57. The molecule has 5 rings (SSSR count). The molecule has 2 aromatic carbocycles. The molecule has 0 saturated carbocycles. The van der Waals surface area contributed by atoms with Crippen molar-refractivity contribution in [2.75, 3.05) is 43.4 Å². The fourth-order valence-electron chi connectivity index (χ4n) is 4.43. The molecule has 3 heterocycles. The lowest BCUT2D eigenvalue weighted by molar-refractivity contribution is 0.280. The second kappa shape index (κ2) is 14.6. The van der Waals surface area contributed by atoms with E-state index in [0.29, 0.717) is 23.5 Å². The van der Waals surface area contributed by atoms with E-state index in [1.165, 1.54) is 0 Å². The van der Waals surface area contributed by atoms with Crippen LogP contribution in [0.25, 0.3) is 11.0 Å². The van der Waals surface area contributed by atoms with E-state index in [4.69, 9.17) is 5.41 Å². The Labute approximate surface area is 234 Å². The van der Waals surface area contributed by atoms with Gasteiger partial charge < -0.3 is 26.0 Å². The third-order valence-corrected chi connectivity index (χ3v) is 6.43. The van der Waals surface area contributed by atoms with Crippen LogP contribution in [0.4, 0.5) is 17.3 Å². The van der Waals surface area contributed by atoms with Gasteiger partial charge in [0.25, 0.3) is 5.56 Å². The number of hydrogen-bond acceptors (Lipinski definition) is 8. The van der Waals surface area contributed by atoms with Crippen molar-refractivity contribution in [1.82, 2.24) is 24.2 Å². The number of aryl methyl sites for hydroxylation is 1. The van der Waals surface area contributed by atoms with Gasteiger partial charge in [0.15, 0.2) is 5.65 Å². The SMILES string of the molecule is C=CC.CN1CCN(c2ccc(Nc3ncc4c(=O)n(Cc5ccccc5)n(C)c4n3)cc2CO)CC1.N=CN. The lowest BCUT2D eigenvalue weighted by atomic mass is 10.1. The van der Waals surface area contributed by atoms with Crippen LogP contribution in [0, 0.1) is 5.41 Å². The zero-order chi connectivity index (χ0) is 29.1. The standard InChI is InChI=1S/C25H29N7O2.C3H6.CH4N2/c1-29-10-12-31(13-11-29)22-9-8-20(14-19(22)17-33)27-25-26-15-21-23(28-25)30(2)32(24(21)34)16-18-6-4-3-5-7-18;1-3-2;2-1-3/h3-9,14-15,33H,10-13,16-17H2,1-2H3,(H,26,27,28);3H,1H2,2H3;1H,(H3,2,3). The molecule has 0 radical (unpaired) electrons. The number of aliphatic hydroxyl groups is 1. The Morgan fingerprint density at radius 3 is 2.40 bits per heavy atom. The highest BCUT2D eigenvalue weighted by Crippen LogP contribution is 2.27. The number of nitrogens with two attached hydrogens (primary N) is 1. The number of rotatable bonds is 6. The molecule has 212 valence electrons. The second-order valence-electron chi connectivity index (χ2n) is 9.29. The van der Waals surface area contributed by atoms with Gasteiger partial charge in [0.05, 0.1) is 19.5 Å². The summed E-state index contributed by atoms with van der Waals surface area (Å²) in [5.74, 6) is 0.399. The number of allylic oxidation sites excluding steroid dienone is 1. The van der Waals surface area contributed by atoms with Crippen molar-refractivity contribution < 1.29 is 5.11 Å². The molecule has 0 unspecified atom stereocenters. The molecule has 11 nitrogen and oxygen atoms in total. The van der Waals surface area contributed by atoms with Crippen molar-refractivity contribution in [3.8, 4) is 0 Å². The zero-order valence-electron chi connectivity index (χ0n) is 23.4. The Hall–Kier alpha value is -4.48. The Morgan fingerprint density at radius 2 is 1.77 bits per heavy atom. The van der Waals surface area contributed by atoms with Crippen LogP contribution < -0.4 is 21.5 Å². The molecule has 0 bridgehead atoms.